The summed E-state index contributed by atoms with van der Waals surface area (Å²) < 4.78 is 0. The topological polar surface area (TPSA) is 58.2 Å². The van der Waals surface area contributed by atoms with Gasteiger partial charge in [0.1, 0.15) is 5.25 Å². The van der Waals surface area contributed by atoms with Crippen molar-refractivity contribution >= 4 is 35.0 Å². The first-order valence-corrected chi connectivity index (χ1v) is 11.9. The van der Waals surface area contributed by atoms with Crippen molar-refractivity contribution in [1.82, 2.24) is 0 Å². The number of aryl methyl sites for hydroxylation is 2. The molecule has 164 valence electrons. The van der Waals surface area contributed by atoms with E-state index in [1.807, 2.05) is 73.7 Å². The molecule has 3 aromatic rings. The van der Waals surface area contributed by atoms with Crippen LogP contribution in [0, 0.1) is 12.8 Å². The lowest BCUT2D eigenvalue weighted by molar-refractivity contribution is -0.117. The SMILES string of the molecule is CCc1cccc(C)c1NC(=O)C(Sc1cccc(NC(=O)C2CC2)c1)c1ccccc1. The molecule has 4 nitrogen and oxygen atoms in total. The zero-order valence-corrected chi connectivity index (χ0v) is 19.2. The van der Waals surface area contributed by atoms with Gasteiger partial charge in [-0.25, -0.2) is 0 Å². The van der Waals surface area contributed by atoms with Crippen LogP contribution < -0.4 is 10.6 Å². The molecule has 1 atom stereocenters. The number of thioether (sulfide) groups is 1. The molecule has 3 aromatic carbocycles. The molecule has 0 saturated heterocycles. The van der Waals surface area contributed by atoms with E-state index in [1.165, 1.54) is 11.8 Å². The fourth-order valence-corrected chi connectivity index (χ4v) is 4.75. The van der Waals surface area contributed by atoms with E-state index < -0.39 is 5.25 Å². The van der Waals surface area contributed by atoms with Crippen LogP contribution in [-0.2, 0) is 16.0 Å². The van der Waals surface area contributed by atoms with Gasteiger partial charge < -0.3 is 10.6 Å². The smallest absolute Gasteiger partial charge is 0.242 e. The molecule has 0 heterocycles. The highest BCUT2D eigenvalue weighted by Gasteiger charge is 2.29. The Bertz CT molecular complexity index is 1110. The van der Waals surface area contributed by atoms with Crippen LogP contribution in [0.25, 0.3) is 0 Å². The normalized spacial score (nSPS) is 13.9. The fourth-order valence-electron chi connectivity index (χ4n) is 3.66. The molecule has 1 aliphatic rings. The number of nitrogens with one attached hydrogen (secondary N) is 2. The molecule has 1 unspecified atom stereocenters. The quantitative estimate of drug-likeness (QED) is 0.397. The lowest BCUT2D eigenvalue weighted by Crippen LogP contribution is -2.20. The van der Waals surface area contributed by atoms with E-state index in [1.54, 1.807) is 0 Å². The summed E-state index contributed by atoms with van der Waals surface area (Å²) in [4.78, 5) is 26.6. The number of carbonyl (C=O) groups excluding carboxylic acids is 2. The summed E-state index contributed by atoms with van der Waals surface area (Å²) in [5.74, 6) is 0.171. The van der Waals surface area contributed by atoms with Gasteiger partial charge in [-0.1, -0.05) is 61.5 Å². The van der Waals surface area contributed by atoms with Crippen LogP contribution in [0.5, 0.6) is 0 Å². The van der Waals surface area contributed by atoms with Crippen LogP contribution in [0.3, 0.4) is 0 Å². The molecule has 1 aliphatic carbocycles. The van der Waals surface area contributed by atoms with Crippen molar-refractivity contribution in [2.75, 3.05) is 10.6 Å². The van der Waals surface area contributed by atoms with Crippen molar-refractivity contribution < 1.29 is 9.59 Å². The van der Waals surface area contributed by atoms with Gasteiger partial charge in [0.2, 0.25) is 11.8 Å². The Hall–Kier alpha value is -3.05. The number of para-hydroxylation sites is 1. The number of hydrogen-bond acceptors (Lipinski definition) is 3. The van der Waals surface area contributed by atoms with E-state index in [0.29, 0.717) is 0 Å². The van der Waals surface area contributed by atoms with Crippen molar-refractivity contribution in [2.24, 2.45) is 5.92 Å². The van der Waals surface area contributed by atoms with Gasteiger partial charge in [0.15, 0.2) is 0 Å². The minimum Gasteiger partial charge on any atom is -0.326 e. The first-order chi connectivity index (χ1) is 15.5. The monoisotopic (exact) mass is 444 g/mol. The van der Waals surface area contributed by atoms with Crippen LogP contribution in [0.2, 0.25) is 0 Å². The average molecular weight is 445 g/mol. The molecule has 0 spiro atoms. The first-order valence-electron chi connectivity index (χ1n) is 11.1. The number of benzene rings is 3. The maximum atomic E-state index is 13.5. The van der Waals surface area contributed by atoms with Crippen molar-refractivity contribution in [3.05, 3.63) is 89.5 Å². The molecule has 0 radical (unpaired) electrons. The zero-order chi connectivity index (χ0) is 22.5. The van der Waals surface area contributed by atoms with Gasteiger partial charge in [-0.2, -0.15) is 0 Å². The third-order valence-electron chi connectivity index (χ3n) is 5.63. The highest BCUT2D eigenvalue weighted by molar-refractivity contribution is 8.00. The third-order valence-corrected chi connectivity index (χ3v) is 6.88. The summed E-state index contributed by atoms with van der Waals surface area (Å²) in [5, 5.41) is 5.76. The fraction of sp³-hybridized carbons (Fsp3) is 0.259. The van der Waals surface area contributed by atoms with E-state index in [0.717, 1.165) is 52.2 Å². The van der Waals surface area contributed by atoms with Gasteiger partial charge >= 0.3 is 0 Å². The Morgan fingerprint density at radius 1 is 0.969 bits per heavy atom. The highest BCUT2D eigenvalue weighted by Crippen LogP contribution is 2.38. The molecular formula is C27H28N2O2S. The van der Waals surface area contributed by atoms with Crippen LogP contribution in [-0.4, -0.2) is 11.8 Å². The molecular weight excluding hydrogens is 416 g/mol. The first kappa shape index (κ1) is 22.2. The number of amides is 2. The Balaban J connectivity index is 1.58. The lowest BCUT2D eigenvalue weighted by Gasteiger charge is -2.20. The molecule has 32 heavy (non-hydrogen) atoms. The van der Waals surface area contributed by atoms with Gasteiger partial charge in [-0.3, -0.25) is 9.59 Å². The maximum absolute atomic E-state index is 13.5. The van der Waals surface area contributed by atoms with Crippen molar-refractivity contribution in [3.63, 3.8) is 0 Å². The third kappa shape index (κ3) is 5.40. The second kappa shape index (κ2) is 10.0. The van der Waals surface area contributed by atoms with Crippen LogP contribution >= 0.6 is 11.8 Å². The standard InChI is InChI=1S/C27H28N2O2S/c1-3-19-12-7-9-18(2)24(19)29-27(31)25(20-10-5-4-6-11-20)32-23-14-8-13-22(17-23)28-26(30)21-15-16-21/h4-14,17,21,25H,3,15-16H2,1-2H3,(H,28,30)(H,29,31). The molecule has 1 fully saturated rings. The predicted molar refractivity (Wildman–Crippen MR) is 132 cm³/mol. The van der Waals surface area contributed by atoms with Gasteiger partial charge in [-0.05, 0) is 61.1 Å². The van der Waals surface area contributed by atoms with Crippen LogP contribution in [0.1, 0.15) is 41.7 Å². The summed E-state index contributed by atoms with van der Waals surface area (Å²) in [6.07, 6.45) is 2.79. The van der Waals surface area contributed by atoms with E-state index >= 15 is 0 Å². The molecule has 0 bridgehead atoms. The van der Waals surface area contributed by atoms with Gasteiger partial charge in [-0.15, -0.1) is 11.8 Å². The van der Waals surface area contributed by atoms with E-state index in [4.69, 9.17) is 0 Å². The molecule has 2 N–H and O–H groups in total. The number of rotatable bonds is 8. The maximum Gasteiger partial charge on any atom is 0.242 e. The van der Waals surface area contributed by atoms with E-state index in [9.17, 15) is 9.59 Å². The van der Waals surface area contributed by atoms with Gasteiger partial charge in [0.05, 0.1) is 0 Å². The van der Waals surface area contributed by atoms with E-state index in [2.05, 4.69) is 23.6 Å². The molecule has 0 aromatic heterocycles. The number of hydrogen-bond donors (Lipinski definition) is 2. The largest absolute Gasteiger partial charge is 0.326 e. The average Bonchev–Trinajstić information content (AvgIpc) is 3.65. The lowest BCUT2D eigenvalue weighted by atomic mass is 10.1. The van der Waals surface area contributed by atoms with E-state index in [-0.39, 0.29) is 17.7 Å². The van der Waals surface area contributed by atoms with Gasteiger partial charge in [0.25, 0.3) is 0 Å². The Morgan fingerprint density at radius 2 is 1.72 bits per heavy atom. The van der Waals surface area contributed by atoms with Crippen LogP contribution in [0.4, 0.5) is 11.4 Å². The summed E-state index contributed by atoms with van der Waals surface area (Å²) >= 11 is 1.49. The highest BCUT2D eigenvalue weighted by atomic mass is 32.2. The molecule has 2 amide bonds. The predicted octanol–water partition coefficient (Wildman–Crippen LogP) is 6.38. The minimum absolute atomic E-state index is 0.0578. The van der Waals surface area contributed by atoms with Crippen LogP contribution in [0.15, 0.2) is 77.7 Å². The second-order valence-electron chi connectivity index (χ2n) is 8.15. The summed E-state index contributed by atoms with van der Waals surface area (Å²) in [6.45, 7) is 4.11. The molecule has 5 heteroatoms. The minimum atomic E-state index is -0.421. The Morgan fingerprint density at radius 3 is 2.44 bits per heavy atom. The molecule has 0 aliphatic heterocycles. The van der Waals surface area contributed by atoms with Crippen molar-refractivity contribution in [1.29, 1.82) is 0 Å². The summed E-state index contributed by atoms with van der Waals surface area (Å²) in [6, 6.07) is 23.6. The summed E-state index contributed by atoms with van der Waals surface area (Å²) in [7, 11) is 0. The number of carbonyl (C=O) groups is 2. The zero-order valence-electron chi connectivity index (χ0n) is 18.4. The van der Waals surface area contributed by atoms with Gasteiger partial charge in [0, 0.05) is 22.2 Å². The molecule has 4 rings (SSSR count). The Labute approximate surface area is 193 Å². The second-order valence-corrected chi connectivity index (χ2v) is 9.33. The summed E-state index contributed by atoms with van der Waals surface area (Å²) in [5.41, 5.74) is 4.78. The molecule has 1 saturated carbocycles. The van der Waals surface area contributed by atoms with Crippen molar-refractivity contribution in [3.8, 4) is 0 Å². The van der Waals surface area contributed by atoms with Crippen molar-refractivity contribution in [2.45, 2.75) is 43.3 Å². The Kier molecular flexibility index (Phi) is 6.96. The number of anilines is 2.